The maximum absolute atomic E-state index is 5.66. The van der Waals surface area contributed by atoms with E-state index in [1.165, 1.54) is 0 Å². The largest absolute Gasteiger partial charge is 0.493 e. The molecule has 0 spiro atoms. The fourth-order valence-electron chi connectivity index (χ4n) is 1.30. The molecule has 0 saturated heterocycles. The van der Waals surface area contributed by atoms with Gasteiger partial charge in [0.2, 0.25) is 0 Å². The van der Waals surface area contributed by atoms with E-state index < -0.39 is 0 Å². The molecule has 0 aliphatic heterocycles. The van der Waals surface area contributed by atoms with Gasteiger partial charge in [0.15, 0.2) is 11.5 Å². The summed E-state index contributed by atoms with van der Waals surface area (Å²) in [5.41, 5.74) is 3.71. The second-order valence-electron chi connectivity index (χ2n) is 3.49. The summed E-state index contributed by atoms with van der Waals surface area (Å²) >= 11 is 0. The van der Waals surface area contributed by atoms with E-state index in [9.17, 15) is 0 Å². The van der Waals surface area contributed by atoms with E-state index in [0.717, 1.165) is 17.1 Å². The Bertz CT molecular complexity index is 315. The number of nitrogens with two attached hydrogens (primary N) is 1. The van der Waals surface area contributed by atoms with Gasteiger partial charge in [-0.1, -0.05) is 6.07 Å². The van der Waals surface area contributed by atoms with E-state index in [-0.39, 0.29) is 6.10 Å². The first-order valence-corrected chi connectivity index (χ1v) is 4.92. The zero-order chi connectivity index (χ0) is 11.3. The fraction of sp³-hybridized carbons (Fsp3) is 0.455. The first-order chi connectivity index (χ1) is 7.17. The summed E-state index contributed by atoms with van der Waals surface area (Å²) < 4.78 is 10.9. The van der Waals surface area contributed by atoms with E-state index in [0.29, 0.717) is 6.54 Å². The molecule has 4 heteroatoms. The molecular formula is C11H18N2O2. The van der Waals surface area contributed by atoms with Crippen LogP contribution in [0, 0.1) is 6.92 Å². The Balaban J connectivity index is 2.75. The van der Waals surface area contributed by atoms with Gasteiger partial charge in [-0.2, -0.15) is 0 Å². The third-order valence-electron chi connectivity index (χ3n) is 2.05. The Labute approximate surface area is 90.3 Å². The van der Waals surface area contributed by atoms with Crippen molar-refractivity contribution in [3.63, 3.8) is 0 Å². The first kappa shape index (κ1) is 11.8. The van der Waals surface area contributed by atoms with Crippen LogP contribution in [0.1, 0.15) is 12.5 Å². The summed E-state index contributed by atoms with van der Waals surface area (Å²) in [6, 6.07) is 5.83. The molecule has 0 aromatic heterocycles. The van der Waals surface area contributed by atoms with Crippen molar-refractivity contribution in [3.05, 3.63) is 23.8 Å². The van der Waals surface area contributed by atoms with Gasteiger partial charge in [0.05, 0.1) is 7.11 Å². The zero-order valence-electron chi connectivity index (χ0n) is 9.41. The van der Waals surface area contributed by atoms with E-state index in [4.69, 9.17) is 15.3 Å². The number of methoxy groups -OCH3 is 1. The maximum atomic E-state index is 5.66. The highest BCUT2D eigenvalue weighted by Gasteiger charge is 2.08. The average molecular weight is 210 g/mol. The summed E-state index contributed by atoms with van der Waals surface area (Å²) in [7, 11) is 1.63. The number of hydrogen-bond acceptors (Lipinski definition) is 4. The summed E-state index contributed by atoms with van der Waals surface area (Å²) in [6.45, 7) is 4.55. The smallest absolute Gasteiger partial charge is 0.161 e. The second kappa shape index (κ2) is 5.58. The van der Waals surface area contributed by atoms with Gasteiger partial charge in [-0.25, -0.2) is 0 Å². The molecule has 4 nitrogen and oxygen atoms in total. The highest BCUT2D eigenvalue weighted by molar-refractivity contribution is 5.42. The maximum Gasteiger partial charge on any atom is 0.161 e. The number of rotatable bonds is 5. The predicted molar refractivity (Wildman–Crippen MR) is 60.0 cm³/mol. The van der Waals surface area contributed by atoms with Gasteiger partial charge in [0.25, 0.3) is 0 Å². The molecule has 15 heavy (non-hydrogen) atoms. The quantitative estimate of drug-likeness (QED) is 0.567. The van der Waals surface area contributed by atoms with Gasteiger partial charge < -0.3 is 9.47 Å². The number of hydrazine groups is 1. The van der Waals surface area contributed by atoms with Gasteiger partial charge >= 0.3 is 0 Å². The molecule has 1 atom stereocenters. The minimum atomic E-state index is 0.00612. The Hall–Kier alpha value is -1.26. The average Bonchev–Trinajstić information content (AvgIpc) is 2.21. The lowest BCUT2D eigenvalue weighted by atomic mass is 10.2. The van der Waals surface area contributed by atoms with Gasteiger partial charge in [0.1, 0.15) is 6.10 Å². The molecule has 1 aromatic rings. The van der Waals surface area contributed by atoms with E-state index >= 15 is 0 Å². The van der Waals surface area contributed by atoms with Crippen LogP contribution in [0.2, 0.25) is 0 Å². The van der Waals surface area contributed by atoms with Crippen LogP contribution in [0.25, 0.3) is 0 Å². The van der Waals surface area contributed by atoms with Crippen LogP contribution in [-0.2, 0) is 0 Å². The SMILES string of the molecule is COc1cc(C)ccc1OC(C)CNN. The molecule has 3 N–H and O–H groups in total. The molecule has 0 heterocycles. The summed E-state index contributed by atoms with van der Waals surface area (Å²) in [4.78, 5) is 0. The fourth-order valence-corrected chi connectivity index (χ4v) is 1.30. The zero-order valence-corrected chi connectivity index (χ0v) is 9.41. The predicted octanol–water partition coefficient (Wildman–Crippen LogP) is 1.23. The standard InChI is InChI=1S/C11H18N2O2/c1-8-4-5-10(11(6-8)14-3)15-9(2)7-13-12/h4-6,9,13H,7,12H2,1-3H3. The summed E-state index contributed by atoms with van der Waals surface area (Å²) in [5, 5.41) is 0. The monoisotopic (exact) mass is 210 g/mol. The van der Waals surface area contributed by atoms with Crippen LogP contribution < -0.4 is 20.7 Å². The van der Waals surface area contributed by atoms with E-state index in [2.05, 4.69) is 5.43 Å². The highest BCUT2D eigenvalue weighted by atomic mass is 16.5. The number of nitrogens with one attached hydrogen (secondary N) is 1. The molecular weight excluding hydrogens is 192 g/mol. The molecule has 0 amide bonds. The lowest BCUT2D eigenvalue weighted by molar-refractivity contribution is 0.208. The summed E-state index contributed by atoms with van der Waals surface area (Å²) in [6.07, 6.45) is 0.00612. The first-order valence-electron chi connectivity index (χ1n) is 4.92. The van der Waals surface area contributed by atoms with Crippen molar-refractivity contribution >= 4 is 0 Å². The molecule has 0 fully saturated rings. The summed E-state index contributed by atoms with van der Waals surface area (Å²) in [5.74, 6) is 6.71. The molecule has 84 valence electrons. The Morgan fingerprint density at radius 1 is 1.40 bits per heavy atom. The van der Waals surface area contributed by atoms with Crippen molar-refractivity contribution in [2.75, 3.05) is 13.7 Å². The van der Waals surface area contributed by atoms with Crippen molar-refractivity contribution in [2.45, 2.75) is 20.0 Å². The minimum absolute atomic E-state index is 0.00612. The molecule has 1 rings (SSSR count). The van der Waals surface area contributed by atoms with Gasteiger partial charge in [0, 0.05) is 6.54 Å². The number of ether oxygens (including phenoxy) is 2. The highest BCUT2D eigenvalue weighted by Crippen LogP contribution is 2.28. The minimum Gasteiger partial charge on any atom is -0.493 e. The second-order valence-corrected chi connectivity index (χ2v) is 3.49. The molecule has 0 bridgehead atoms. The van der Waals surface area contributed by atoms with Crippen LogP contribution in [0.5, 0.6) is 11.5 Å². The van der Waals surface area contributed by atoms with Crippen LogP contribution in [0.4, 0.5) is 0 Å². The van der Waals surface area contributed by atoms with E-state index in [1.807, 2.05) is 32.0 Å². The third-order valence-corrected chi connectivity index (χ3v) is 2.05. The van der Waals surface area contributed by atoms with Crippen molar-refractivity contribution in [2.24, 2.45) is 5.84 Å². The number of benzene rings is 1. The van der Waals surface area contributed by atoms with Crippen molar-refractivity contribution < 1.29 is 9.47 Å². The van der Waals surface area contributed by atoms with Gasteiger partial charge in [-0.3, -0.25) is 11.3 Å². The van der Waals surface area contributed by atoms with E-state index in [1.54, 1.807) is 7.11 Å². The Morgan fingerprint density at radius 3 is 2.73 bits per heavy atom. The van der Waals surface area contributed by atoms with Crippen LogP contribution in [0.3, 0.4) is 0 Å². The Morgan fingerprint density at radius 2 is 2.13 bits per heavy atom. The molecule has 0 radical (unpaired) electrons. The number of aryl methyl sites for hydroxylation is 1. The molecule has 0 aliphatic rings. The molecule has 0 saturated carbocycles. The topological polar surface area (TPSA) is 56.5 Å². The van der Waals surface area contributed by atoms with Crippen molar-refractivity contribution in [1.82, 2.24) is 5.43 Å². The lowest BCUT2D eigenvalue weighted by Gasteiger charge is -2.16. The van der Waals surface area contributed by atoms with Crippen LogP contribution >= 0.6 is 0 Å². The van der Waals surface area contributed by atoms with Crippen LogP contribution in [0.15, 0.2) is 18.2 Å². The molecule has 1 aromatic carbocycles. The third kappa shape index (κ3) is 3.42. The normalized spacial score (nSPS) is 12.3. The lowest BCUT2D eigenvalue weighted by Crippen LogP contribution is -2.33. The van der Waals surface area contributed by atoms with Gasteiger partial charge in [-0.05, 0) is 31.5 Å². The molecule has 1 unspecified atom stereocenters. The Kier molecular flexibility index (Phi) is 4.39. The molecule has 0 aliphatic carbocycles. The number of hydrogen-bond donors (Lipinski definition) is 2. The van der Waals surface area contributed by atoms with Gasteiger partial charge in [-0.15, -0.1) is 0 Å². The van der Waals surface area contributed by atoms with Crippen LogP contribution in [-0.4, -0.2) is 19.8 Å². The van der Waals surface area contributed by atoms with Crippen molar-refractivity contribution in [3.8, 4) is 11.5 Å². The van der Waals surface area contributed by atoms with Crippen molar-refractivity contribution in [1.29, 1.82) is 0 Å².